The van der Waals surface area contributed by atoms with Crippen LogP contribution < -0.4 is 9.47 Å². The summed E-state index contributed by atoms with van der Waals surface area (Å²) >= 11 is 1.35. The number of rotatable bonds is 6. The molecule has 1 N–H and O–H groups in total. The summed E-state index contributed by atoms with van der Waals surface area (Å²) in [6, 6.07) is 25.1. The minimum absolute atomic E-state index is 0.0958. The Labute approximate surface area is 201 Å². The van der Waals surface area contributed by atoms with Gasteiger partial charge in [-0.05, 0) is 34.9 Å². The summed E-state index contributed by atoms with van der Waals surface area (Å²) in [5, 5.41) is 11.2. The Hall–Kier alpha value is -4.10. The third-order valence-electron chi connectivity index (χ3n) is 5.42. The van der Waals surface area contributed by atoms with Gasteiger partial charge in [-0.25, -0.2) is 0 Å². The molecule has 6 nitrogen and oxygen atoms in total. The number of nitrogens with one attached hydrogen (secondary N) is 1. The quantitative estimate of drug-likeness (QED) is 0.479. The Bertz CT molecular complexity index is 1350. The van der Waals surface area contributed by atoms with Crippen LogP contribution in [-0.4, -0.2) is 28.9 Å². The fraction of sp³-hybridized carbons (Fsp3) is 0.0741. The minimum Gasteiger partial charge on any atom is -0.493 e. The number of carbonyl (C=O) groups excluding carboxylic acids is 1. The maximum Gasteiger partial charge on any atom is 0.283 e. The van der Waals surface area contributed by atoms with Gasteiger partial charge in [-0.15, -0.1) is 0 Å². The van der Waals surface area contributed by atoms with Crippen molar-refractivity contribution in [3.8, 4) is 11.5 Å². The number of fused-ring (bicyclic) bond motifs is 1. The van der Waals surface area contributed by atoms with Gasteiger partial charge in [0.15, 0.2) is 16.7 Å². The zero-order valence-corrected chi connectivity index (χ0v) is 19.2. The molecular weight excluding hydrogens is 446 g/mol. The van der Waals surface area contributed by atoms with Crippen molar-refractivity contribution in [2.24, 2.45) is 4.99 Å². The highest BCUT2D eigenvalue weighted by atomic mass is 32.2. The van der Waals surface area contributed by atoms with E-state index >= 15 is 0 Å². The molecule has 7 heteroatoms. The maximum absolute atomic E-state index is 12.8. The molecule has 2 aliphatic rings. The molecule has 0 spiro atoms. The van der Waals surface area contributed by atoms with Gasteiger partial charge in [-0.2, -0.15) is 4.99 Å². The van der Waals surface area contributed by atoms with E-state index in [2.05, 4.69) is 4.99 Å². The first-order valence-electron chi connectivity index (χ1n) is 10.6. The first-order valence-corrected chi connectivity index (χ1v) is 11.5. The number of carbonyl (C=O) groups is 1. The molecule has 3 aromatic carbocycles. The van der Waals surface area contributed by atoms with Crippen molar-refractivity contribution >= 4 is 40.4 Å². The molecule has 2 aliphatic heterocycles. The van der Waals surface area contributed by atoms with Crippen LogP contribution in [-0.2, 0) is 11.4 Å². The number of amidine groups is 2. The molecule has 0 aromatic heterocycles. The van der Waals surface area contributed by atoms with Crippen LogP contribution in [0.4, 0.5) is 0 Å². The number of ether oxygens (including phenoxy) is 2. The molecular formula is C27H21N3O3S. The van der Waals surface area contributed by atoms with E-state index in [-0.39, 0.29) is 11.4 Å². The van der Waals surface area contributed by atoms with Crippen LogP contribution in [0.2, 0.25) is 0 Å². The minimum atomic E-state index is -0.435. The summed E-state index contributed by atoms with van der Waals surface area (Å²) in [5.74, 6) is 0.809. The summed E-state index contributed by atoms with van der Waals surface area (Å²) in [7, 11) is 1.57. The Kier molecular flexibility index (Phi) is 6.01. The van der Waals surface area contributed by atoms with Gasteiger partial charge in [0.25, 0.3) is 5.91 Å². The molecule has 0 atom stereocenters. The van der Waals surface area contributed by atoms with Crippen LogP contribution >= 0.6 is 11.8 Å². The number of hydrogen-bond acceptors (Lipinski definition) is 5. The zero-order chi connectivity index (χ0) is 23.5. The molecule has 1 amide bonds. The normalized spacial score (nSPS) is 16.3. The van der Waals surface area contributed by atoms with Crippen molar-refractivity contribution in [2.45, 2.75) is 6.61 Å². The number of methoxy groups -OCH3 is 1. The van der Waals surface area contributed by atoms with Crippen LogP contribution in [0.3, 0.4) is 0 Å². The summed E-state index contributed by atoms with van der Waals surface area (Å²) in [6.45, 7) is 0.416. The van der Waals surface area contributed by atoms with E-state index in [1.165, 1.54) is 11.8 Å². The second-order valence-corrected chi connectivity index (χ2v) is 8.45. The summed E-state index contributed by atoms with van der Waals surface area (Å²) < 4.78 is 11.4. The molecule has 0 aliphatic carbocycles. The number of amides is 1. The Balaban J connectivity index is 1.41. The lowest BCUT2D eigenvalue weighted by atomic mass is 10.1. The Morgan fingerprint density at radius 3 is 2.47 bits per heavy atom. The van der Waals surface area contributed by atoms with E-state index in [4.69, 9.17) is 14.9 Å². The lowest BCUT2D eigenvalue weighted by Gasteiger charge is -2.27. The highest BCUT2D eigenvalue weighted by molar-refractivity contribution is 8.17. The van der Waals surface area contributed by atoms with E-state index in [1.807, 2.05) is 72.1 Å². The van der Waals surface area contributed by atoms with E-state index in [0.717, 1.165) is 16.8 Å². The zero-order valence-electron chi connectivity index (χ0n) is 18.4. The molecule has 0 bridgehead atoms. The van der Waals surface area contributed by atoms with Gasteiger partial charge < -0.3 is 9.47 Å². The molecule has 34 heavy (non-hydrogen) atoms. The van der Waals surface area contributed by atoms with Crippen molar-refractivity contribution in [3.05, 3.63) is 107 Å². The van der Waals surface area contributed by atoms with Crippen LogP contribution in [0.25, 0.3) is 11.8 Å². The number of hydrogen-bond donors (Lipinski definition) is 1. The third-order valence-corrected chi connectivity index (χ3v) is 6.25. The topological polar surface area (TPSA) is 75.0 Å². The smallest absolute Gasteiger partial charge is 0.283 e. The van der Waals surface area contributed by atoms with E-state index in [9.17, 15) is 4.79 Å². The van der Waals surface area contributed by atoms with Crippen LogP contribution in [0.1, 0.15) is 16.7 Å². The number of thioether (sulfide) groups is 1. The predicted octanol–water partition coefficient (Wildman–Crippen LogP) is 5.58. The fourth-order valence-corrected chi connectivity index (χ4v) is 4.60. The van der Waals surface area contributed by atoms with Gasteiger partial charge in [-0.3, -0.25) is 15.1 Å². The van der Waals surface area contributed by atoms with Gasteiger partial charge in [-0.1, -0.05) is 78.5 Å². The van der Waals surface area contributed by atoms with E-state index in [1.54, 1.807) is 30.2 Å². The van der Waals surface area contributed by atoms with E-state index in [0.29, 0.717) is 28.8 Å². The first kappa shape index (κ1) is 21.7. The van der Waals surface area contributed by atoms with Crippen LogP contribution in [0, 0.1) is 5.41 Å². The Morgan fingerprint density at radius 1 is 1.00 bits per heavy atom. The van der Waals surface area contributed by atoms with Crippen molar-refractivity contribution in [3.63, 3.8) is 0 Å². The van der Waals surface area contributed by atoms with Crippen molar-refractivity contribution in [2.75, 3.05) is 7.11 Å². The largest absolute Gasteiger partial charge is 0.493 e. The van der Waals surface area contributed by atoms with Gasteiger partial charge in [0.2, 0.25) is 0 Å². The van der Waals surface area contributed by atoms with Crippen molar-refractivity contribution in [1.29, 1.82) is 5.41 Å². The van der Waals surface area contributed by atoms with Crippen LogP contribution in [0.5, 0.6) is 11.5 Å². The summed E-state index contributed by atoms with van der Waals surface area (Å²) in [4.78, 5) is 18.7. The number of nitrogens with zero attached hydrogens (tertiary/aromatic N) is 2. The molecule has 2 heterocycles. The molecule has 3 aromatic rings. The van der Waals surface area contributed by atoms with E-state index < -0.39 is 5.91 Å². The number of aliphatic imine (C=N–C) groups is 1. The standard InChI is InChI=1S/C27H21N3O3S/c1-32-24-15-19(12-13-23(24)33-16-18-8-4-2-5-9-18)14-21-25(28)30-22(20-10-6-3-7-11-20)17-34-27(30)29-26(21)31/h2-15,17,28H,16H2,1H3. The average Bonchev–Trinajstić information content (AvgIpc) is 3.30. The second kappa shape index (κ2) is 9.41. The summed E-state index contributed by atoms with van der Waals surface area (Å²) in [6.07, 6.45) is 1.67. The van der Waals surface area contributed by atoms with Gasteiger partial charge in [0.1, 0.15) is 12.4 Å². The molecule has 0 saturated carbocycles. The Morgan fingerprint density at radius 2 is 1.74 bits per heavy atom. The third kappa shape index (κ3) is 4.25. The summed E-state index contributed by atoms with van der Waals surface area (Å²) in [5.41, 5.74) is 3.77. The molecule has 5 rings (SSSR count). The monoisotopic (exact) mass is 467 g/mol. The van der Waals surface area contributed by atoms with Gasteiger partial charge >= 0.3 is 0 Å². The van der Waals surface area contributed by atoms with Crippen molar-refractivity contribution < 1.29 is 14.3 Å². The first-order chi connectivity index (χ1) is 16.6. The highest BCUT2D eigenvalue weighted by Crippen LogP contribution is 2.37. The SMILES string of the molecule is COc1cc(C=C2C(=N)N3C(c4ccccc4)=CSC3=NC2=O)ccc1OCc1ccccc1. The average molecular weight is 468 g/mol. The molecule has 0 radical (unpaired) electrons. The fourth-order valence-electron chi connectivity index (χ4n) is 3.71. The van der Waals surface area contributed by atoms with Gasteiger partial charge in [0, 0.05) is 5.41 Å². The molecule has 0 saturated heterocycles. The van der Waals surface area contributed by atoms with Gasteiger partial charge in [0.05, 0.1) is 18.4 Å². The number of benzene rings is 3. The molecule has 0 unspecified atom stereocenters. The molecule has 168 valence electrons. The highest BCUT2D eigenvalue weighted by Gasteiger charge is 2.36. The molecule has 0 fully saturated rings. The predicted molar refractivity (Wildman–Crippen MR) is 136 cm³/mol. The lowest BCUT2D eigenvalue weighted by Crippen LogP contribution is -2.38. The van der Waals surface area contributed by atoms with Crippen LogP contribution in [0.15, 0.2) is 94.8 Å². The maximum atomic E-state index is 12.8. The van der Waals surface area contributed by atoms with Crippen molar-refractivity contribution in [1.82, 2.24) is 4.90 Å². The second-order valence-electron chi connectivity index (χ2n) is 7.61. The lowest BCUT2D eigenvalue weighted by molar-refractivity contribution is -0.114.